The lowest BCUT2D eigenvalue weighted by Gasteiger charge is -2.12. The lowest BCUT2D eigenvalue weighted by atomic mass is 10.2. The van der Waals surface area contributed by atoms with Crippen molar-refractivity contribution in [2.75, 3.05) is 5.73 Å². The molecule has 20 heavy (non-hydrogen) atoms. The third-order valence-electron chi connectivity index (χ3n) is 2.51. The van der Waals surface area contributed by atoms with Gasteiger partial charge in [-0.15, -0.1) is 0 Å². The molecule has 3 N–H and O–H groups in total. The summed E-state index contributed by atoms with van der Waals surface area (Å²) in [4.78, 5) is 3.69. The summed E-state index contributed by atoms with van der Waals surface area (Å²) in [6.45, 7) is -0.301. The number of hydrogen-bond donors (Lipinski definition) is 2. The highest BCUT2D eigenvalue weighted by Gasteiger charge is 2.31. The van der Waals surface area contributed by atoms with Gasteiger partial charge in [0.25, 0.3) is 0 Å². The van der Waals surface area contributed by atoms with E-state index in [-0.39, 0.29) is 24.1 Å². The van der Waals surface area contributed by atoms with Gasteiger partial charge in [-0.2, -0.15) is 18.2 Å². The van der Waals surface area contributed by atoms with Gasteiger partial charge in [-0.05, 0) is 12.1 Å². The van der Waals surface area contributed by atoms with Gasteiger partial charge in [-0.25, -0.2) is 0 Å². The Labute approximate surface area is 112 Å². The van der Waals surface area contributed by atoms with Crippen molar-refractivity contribution in [3.8, 4) is 11.6 Å². The van der Waals surface area contributed by atoms with Crippen LogP contribution in [0, 0.1) is 0 Å². The summed E-state index contributed by atoms with van der Waals surface area (Å²) >= 11 is 0. The zero-order valence-electron chi connectivity index (χ0n) is 10.2. The summed E-state index contributed by atoms with van der Waals surface area (Å²) in [6, 6.07) is 7.89. The first-order valence-corrected chi connectivity index (χ1v) is 5.61. The second-order valence-corrected chi connectivity index (χ2v) is 3.98. The average molecular weight is 284 g/mol. The van der Waals surface area contributed by atoms with Crippen molar-refractivity contribution in [1.29, 1.82) is 0 Å². The Morgan fingerprint density at radius 2 is 1.90 bits per heavy atom. The van der Waals surface area contributed by atoms with Crippen molar-refractivity contribution in [1.82, 2.24) is 4.98 Å². The van der Waals surface area contributed by atoms with E-state index < -0.39 is 11.7 Å². The molecule has 0 fully saturated rings. The Morgan fingerprint density at radius 3 is 2.55 bits per heavy atom. The molecule has 0 spiro atoms. The lowest BCUT2D eigenvalue weighted by molar-refractivity contribution is -0.137. The largest absolute Gasteiger partial charge is 0.439 e. The van der Waals surface area contributed by atoms with Gasteiger partial charge in [-0.3, -0.25) is 0 Å². The molecule has 0 aliphatic heterocycles. The summed E-state index contributed by atoms with van der Waals surface area (Å²) in [5, 5.41) is 9.13. The molecule has 0 unspecified atom stereocenters. The molecule has 1 aromatic heterocycles. The van der Waals surface area contributed by atoms with E-state index in [2.05, 4.69) is 4.98 Å². The Hall–Kier alpha value is -2.28. The number of hydrogen-bond acceptors (Lipinski definition) is 4. The van der Waals surface area contributed by atoms with Crippen LogP contribution in [0.25, 0.3) is 0 Å². The normalized spacial score (nSPS) is 11.4. The summed E-state index contributed by atoms with van der Waals surface area (Å²) < 4.78 is 43.2. The van der Waals surface area contributed by atoms with E-state index >= 15 is 0 Å². The zero-order valence-corrected chi connectivity index (χ0v) is 10.2. The molecule has 0 saturated carbocycles. The molecule has 4 nitrogen and oxygen atoms in total. The number of rotatable bonds is 3. The Morgan fingerprint density at radius 1 is 1.20 bits per heavy atom. The van der Waals surface area contributed by atoms with Crippen LogP contribution in [-0.4, -0.2) is 10.1 Å². The number of nitrogens with two attached hydrogens (primary N) is 1. The molecule has 0 radical (unpaired) electrons. The predicted octanol–water partition coefficient (Wildman–Crippen LogP) is 2.97. The molecule has 7 heteroatoms. The third-order valence-corrected chi connectivity index (χ3v) is 2.51. The number of nitrogen functional groups attached to an aromatic ring is 1. The fraction of sp³-hybridized carbons (Fsp3) is 0.154. The maximum absolute atomic E-state index is 12.7. The molecule has 106 valence electrons. The molecule has 0 atom stereocenters. The fourth-order valence-electron chi connectivity index (χ4n) is 1.59. The highest BCUT2D eigenvalue weighted by molar-refractivity contribution is 5.41. The van der Waals surface area contributed by atoms with Gasteiger partial charge in [0.05, 0.1) is 12.2 Å². The third kappa shape index (κ3) is 3.18. The van der Waals surface area contributed by atoms with Gasteiger partial charge in [0.1, 0.15) is 11.6 Å². The van der Waals surface area contributed by atoms with Crippen LogP contribution in [0.15, 0.2) is 36.4 Å². The predicted molar refractivity (Wildman–Crippen MR) is 66.1 cm³/mol. The van der Waals surface area contributed by atoms with Crippen molar-refractivity contribution in [3.63, 3.8) is 0 Å². The molecule has 0 bridgehead atoms. The molecular formula is C13H11F3N2O2. The van der Waals surface area contributed by atoms with E-state index in [4.69, 9.17) is 15.6 Å². The standard InChI is InChI=1S/C13H11F3N2O2/c14-13(15,16)9-5-11(17)18-12(6-9)20-10-4-2-1-3-8(10)7-19/h1-6,19H,7H2,(H2,17,18). The SMILES string of the molecule is Nc1cc(C(F)(F)F)cc(Oc2ccccc2CO)n1. The maximum Gasteiger partial charge on any atom is 0.416 e. The summed E-state index contributed by atoms with van der Waals surface area (Å²) in [6.07, 6.45) is -4.54. The number of aromatic nitrogens is 1. The Kier molecular flexibility index (Phi) is 3.80. The first kappa shape index (κ1) is 14.1. The van der Waals surface area contributed by atoms with Gasteiger partial charge in [-0.1, -0.05) is 18.2 Å². The fourth-order valence-corrected chi connectivity index (χ4v) is 1.59. The molecule has 0 saturated heterocycles. The minimum atomic E-state index is -4.54. The Bertz CT molecular complexity index is 615. The van der Waals surface area contributed by atoms with Gasteiger partial charge >= 0.3 is 6.18 Å². The topological polar surface area (TPSA) is 68.4 Å². The number of halogens is 3. The quantitative estimate of drug-likeness (QED) is 0.909. The van der Waals surface area contributed by atoms with Gasteiger partial charge in [0.2, 0.25) is 5.88 Å². The van der Waals surface area contributed by atoms with Gasteiger partial charge < -0.3 is 15.6 Å². The van der Waals surface area contributed by atoms with Crippen molar-refractivity contribution in [2.45, 2.75) is 12.8 Å². The number of benzene rings is 1. The number of para-hydroxylation sites is 1. The van der Waals surface area contributed by atoms with Crippen LogP contribution in [0.2, 0.25) is 0 Å². The smallest absolute Gasteiger partial charge is 0.416 e. The van der Waals surface area contributed by atoms with E-state index in [1.165, 1.54) is 6.07 Å². The molecule has 0 aliphatic rings. The molecule has 2 aromatic rings. The number of ether oxygens (including phenoxy) is 1. The molecule has 0 amide bonds. The van der Waals surface area contributed by atoms with E-state index in [1.807, 2.05) is 0 Å². The highest BCUT2D eigenvalue weighted by Crippen LogP contribution is 2.33. The lowest BCUT2D eigenvalue weighted by Crippen LogP contribution is -2.07. The first-order valence-electron chi connectivity index (χ1n) is 5.61. The van der Waals surface area contributed by atoms with Crippen LogP contribution >= 0.6 is 0 Å². The van der Waals surface area contributed by atoms with Crippen molar-refractivity contribution in [3.05, 3.63) is 47.5 Å². The van der Waals surface area contributed by atoms with Crippen LogP contribution in [0.3, 0.4) is 0 Å². The van der Waals surface area contributed by atoms with Crippen LogP contribution in [0.4, 0.5) is 19.0 Å². The number of alkyl halides is 3. The second-order valence-electron chi connectivity index (χ2n) is 3.98. The summed E-state index contributed by atoms with van der Waals surface area (Å²) in [5.41, 5.74) is 4.83. The van der Waals surface area contributed by atoms with Crippen LogP contribution < -0.4 is 10.5 Å². The first-order chi connectivity index (χ1) is 9.40. The van der Waals surface area contributed by atoms with Crippen molar-refractivity contribution < 1.29 is 23.0 Å². The average Bonchev–Trinajstić information content (AvgIpc) is 2.37. The number of aliphatic hydroxyl groups is 1. The Balaban J connectivity index is 2.36. The number of pyridine rings is 1. The van der Waals surface area contributed by atoms with E-state index in [9.17, 15) is 13.2 Å². The summed E-state index contributed by atoms with van der Waals surface area (Å²) in [5.74, 6) is -0.351. The van der Waals surface area contributed by atoms with Crippen LogP contribution in [0.5, 0.6) is 11.6 Å². The van der Waals surface area contributed by atoms with Gasteiger partial charge in [0.15, 0.2) is 0 Å². The monoisotopic (exact) mass is 284 g/mol. The second kappa shape index (κ2) is 5.38. The van der Waals surface area contributed by atoms with Crippen LogP contribution in [0.1, 0.15) is 11.1 Å². The minimum absolute atomic E-state index is 0.223. The number of nitrogens with zero attached hydrogens (tertiary/aromatic N) is 1. The molecule has 1 heterocycles. The minimum Gasteiger partial charge on any atom is -0.439 e. The number of anilines is 1. The van der Waals surface area contributed by atoms with E-state index in [0.717, 1.165) is 12.1 Å². The van der Waals surface area contributed by atoms with E-state index in [0.29, 0.717) is 5.56 Å². The molecule has 2 rings (SSSR count). The number of aliphatic hydroxyl groups excluding tert-OH is 1. The van der Waals surface area contributed by atoms with Gasteiger partial charge in [0, 0.05) is 11.6 Å². The van der Waals surface area contributed by atoms with Crippen molar-refractivity contribution in [2.24, 2.45) is 0 Å². The zero-order chi connectivity index (χ0) is 14.8. The van der Waals surface area contributed by atoms with Crippen molar-refractivity contribution >= 4 is 5.82 Å². The van der Waals surface area contributed by atoms with Crippen LogP contribution in [-0.2, 0) is 12.8 Å². The molecular weight excluding hydrogens is 273 g/mol. The molecule has 0 aliphatic carbocycles. The molecule has 1 aromatic carbocycles. The summed E-state index contributed by atoms with van der Waals surface area (Å²) in [7, 11) is 0. The maximum atomic E-state index is 12.7. The van der Waals surface area contributed by atoms with E-state index in [1.54, 1.807) is 18.2 Å². The highest BCUT2D eigenvalue weighted by atomic mass is 19.4.